The number of aromatic amines is 1. The summed E-state index contributed by atoms with van der Waals surface area (Å²) in [5, 5.41) is 20.7. The highest BCUT2D eigenvalue weighted by Gasteiger charge is 2.26. The molecule has 138 valence electrons. The number of nitrogens with zero attached hydrogens (tertiary/aromatic N) is 3. The van der Waals surface area contributed by atoms with E-state index in [4.69, 9.17) is 0 Å². The van der Waals surface area contributed by atoms with Crippen LogP contribution in [0, 0.1) is 6.92 Å². The second-order valence-corrected chi connectivity index (χ2v) is 6.98. The first-order valence-electron chi connectivity index (χ1n) is 8.81. The van der Waals surface area contributed by atoms with Gasteiger partial charge in [-0.15, -0.1) is 0 Å². The molecule has 3 aromatic rings. The predicted molar refractivity (Wildman–Crippen MR) is 103 cm³/mol. The van der Waals surface area contributed by atoms with Crippen molar-refractivity contribution in [2.45, 2.75) is 19.9 Å². The molecule has 4 rings (SSSR count). The summed E-state index contributed by atoms with van der Waals surface area (Å²) < 4.78 is 0. The lowest BCUT2D eigenvalue weighted by molar-refractivity contribution is 0.0735. The van der Waals surface area contributed by atoms with Crippen LogP contribution in [0.15, 0.2) is 42.6 Å². The van der Waals surface area contributed by atoms with Gasteiger partial charge in [0.15, 0.2) is 5.65 Å². The zero-order valence-corrected chi connectivity index (χ0v) is 15.3. The van der Waals surface area contributed by atoms with Crippen LogP contribution in [0.25, 0.3) is 22.3 Å². The van der Waals surface area contributed by atoms with Crippen molar-refractivity contribution in [3.05, 3.63) is 53.9 Å². The average Bonchev–Trinajstić information content (AvgIpc) is 3.01. The normalized spacial score (nSPS) is 17.2. The average molecular weight is 363 g/mol. The fraction of sp³-hybridized carbons (Fsp3) is 0.250. The molecule has 1 atom stereocenters. The van der Waals surface area contributed by atoms with Crippen LogP contribution in [0.4, 0.5) is 0 Å². The number of aromatic hydroxyl groups is 1. The third-order valence-corrected chi connectivity index (χ3v) is 4.71. The molecule has 0 aliphatic carbocycles. The van der Waals surface area contributed by atoms with Gasteiger partial charge in [-0.25, -0.2) is 4.98 Å². The minimum atomic E-state index is -0.0681. The smallest absolute Gasteiger partial charge is 0.255 e. The van der Waals surface area contributed by atoms with Crippen molar-refractivity contribution >= 4 is 16.9 Å². The van der Waals surface area contributed by atoms with E-state index in [-0.39, 0.29) is 17.7 Å². The molecule has 0 saturated carbocycles. The molecule has 1 fully saturated rings. The summed E-state index contributed by atoms with van der Waals surface area (Å²) in [6, 6.07) is 8.68. The van der Waals surface area contributed by atoms with Crippen LogP contribution in [0.2, 0.25) is 0 Å². The molecule has 2 aromatic heterocycles. The molecule has 1 aromatic carbocycles. The lowest BCUT2D eigenvalue weighted by atomic mass is 10.0. The van der Waals surface area contributed by atoms with E-state index >= 15 is 0 Å². The van der Waals surface area contributed by atoms with E-state index in [9.17, 15) is 9.90 Å². The number of nitrogens with one attached hydrogen (secondary N) is 2. The first kappa shape index (κ1) is 17.1. The molecule has 0 bridgehead atoms. The van der Waals surface area contributed by atoms with E-state index in [2.05, 4.69) is 27.1 Å². The Balaban J connectivity index is 1.83. The number of pyridine rings is 1. The van der Waals surface area contributed by atoms with Crippen LogP contribution in [-0.4, -0.2) is 50.2 Å². The molecule has 1 aliphatic heterocycles. The second-order valence-electron chi connectivity index (χ2n) is 6.98. The summed E-state index contributed by atoms with van der Waals surface area (Å²) in [6.07, 6.45) is 0. The molecule has 0 unspecified atom stereocenters. The van der Waals surface area contributed by atoms with Crippen molar-refractivity contribution in [1.82, 2.24) is 25.4 Å². The number of hydrogen-bond acceptors (Lipinski definition) is 5. The van der Waals surface area contributed by atoms with E-state index in [0.29, 0.717) is 30.0 Å². The number of amides is 1. The maximum absolute atomic E-state index is 13.3. The van der Waals surface area contributed by atoms with Crippen molar-refractivity contribution in [2.24, 2.45) is 0 Å². The molecule has 3 heterocycles. The highest BCUT2D eigenvalue weighted by Crippen LogP contribution is 2.28. The molecule has 7 nitrogen and oxygen atoms in total. The summed E-state index contributed by atoms with van der Waals surface area (Å²) in [4.78, 5) is 19.7. The van der Waals surface area contributed by atoms with Gasteiger partial charge in [0.2, 0.25) is 0 Å². The van der Waals surface area contributed by atoms with Crippen LogP contribution in [0.5, 0.6) is 5.75 Å². The molecule has 0 spiro atoms. The number of hydrogen-bond donors (Lipinski definition) is 3. The van der Waals surface area contributed by atoms with Gasteiger partial charge in [0, 0.05) is 29.5 Å². The monoisotopic (exact) mass is 363 g/mol. The van der Waals surface area contributed by atoms with E-state index in [0.717, 1.165) is 22.3 Å². The Morgan fingerprint density at radius 2 is 2.07 bits per heavy atom. The number of aromatic nitrogens is 3. The number of carbonyl (C=O) groups excluding carboxylic acids is 1. The molecule has 3 N–H and O–H groups in total. The van der Waals surface area contributed by atoms with Gasteiger partial charge in [-0.2, -0.15) is 5.10 Å². The zero-order chi connectivity index (χ0) is 19.1. The quantitative estimate of drug-likeness (QED) is 0.651. The lowest BCUT2D eigenvalue weighted by Gasteiger charge is -2.34. The van der Waals surface area contributed by atoms with Crippen molar-refractivity contribution in [1.29, 1.82) is 0 Å². The Hall–Kier alpha value is -3.35. The Bertz CT molecular complexity index is 1040. The number of rotatable bonds is 2. The molecular weight excluding hydrogens is 342 g/mol. The third-order valence-electron chi connectivity index (χ3n) is 4.71. The molecule has 0 radical (unpaired) electrons. The fourth-order valence-corrected chi connectivity index (χ4v) is 3.51. The number of H-pyrrole nitrogens is 1. The Morgan fingerprint density at radius 1 is 1.33 bits per heavy atom. The topological polar surface area (TPSA) is 94.1 Å². The van der Waals surface area contributed by atoms with E-state index in [1.54, 1.807) is 35.2 Å². The van der Waals surface area contributed by atoms with Crippen LogP contribution in [0.3, 0.4) is 0 Å². The van der Waals surface area contributed by atoms with Crippen LogP contribution in [0.1, 0.15) is 23.0 Å². The van der Waals surface area contributed by atoms with Gasteiger partial charge in [0.1, 0.15) is 5.75 Å². The number of aryl methyl sites for hydroxylation is 1. The summed E-state index contributed by atoms with van der Waals surface area (Å²) in [5.74, 6) is 0.112. The maximum Gasteiger partial charge on any atom is 0.255 e. The minimum Gasteiger partial charge on any atom is -0.508 e. The number of benzene rings is 1. The maximum atomic E-state index is 13.3. The number of carbonyl (C=O) groups is 1. The number of piperazine rings is 1. The number of fused-ring (bicyclic) bond motifs is 1. The lowest BCUT2D eigenvalue weighted by Crippen LogP contribution is -2.49. The zero-order valence-electron chi connectivity index (χ0n) is 15.3. The highest BCUT2D eigenvalue weighted by atomic mass is 16.3. The molecule has 1 aliphatic rings. The van der Waals surface area contributed by atoms with Crippen molar-refractivity contribution in [2.75, 3.05) is 13.1 Å². The van der Waals surface area contributed by atoms with Gasteiger partial charge in [0.25, 0.3) is 5.91 Å². The Kier molecular flexibility index (Phi) is 4.07. The standard InChI is InChI=1S/C20H21N5O2/c1-11-9-25(10-12(2)21-11)20(27)16-8-17(14-4-6-15(26)7-5-14)22-19-18(16)13(3)23-24-19/h4-8,12,21,26H,1,9-10H2,2-3H3,(H,22,23,24)/t12-/m1/s1. The SMILES string of the molecule is C=C1CN(C(=O)c2cc(-c3ccc(O)cc3)nc3n[nH]c(C)c23)C[C@@H](C)N1. The van der Waals surface area contributed by atoms with Crippen molar-refractivity contribution in [3.8, 4) is 17.0 Å². The van der Waals surface area contributed by atoms with Crippen molar-refractivity contribution < 1.29 is 9.90 Å². The van der Waals surface area contributed by atoms with Gasteiger partial charge < -0.3 is 15.3 Å². The second kappa shape index (κ2) is 6.42. The summed E-state index contributed by atoms with van der Waals surface area (Å²) in [5.41, 5.74) is 4.15. The van der Waals surface area contributed by atoms with E-state index in [1.807, 2.05) is 13.8 Å². The van der Waals surface area contributed by atoms with Crippen LogP contribution >= 0.6 is 0 Å². The molecule has 7 heteroatoms. The van der Waals surface area contributed by atoms with Gasteiger partial charge >= 0.3 is 0 Å². The predicted octanol–water partition coefficient (Wildman–Crippen LogP) is 2.59. The van der Waals surface area contributed by atoms with Crippen LogP contribution in [-0.2, 0) is 0 Å². The van der Waals surface area contributed by atoms with Gasteiger partial charge in [-0.3, -0.25) is 9.89 Å². The van der Waals surface area contributed by atoms with Gasteiger partial charge in [-0.05, 0) is 44.2 Å². The van der Waals surface area contributed by atoms with Gasteiger partial charge in [0.05, 0.1) is 23.2 Å². The largest absolute Gasteiger partial charge is 0.508 e. The van der Waals surface area contributed by atoms with Gasteiger partial charge in [-0.1, -0.05) is 6.58 Å². The van der Waals surface area contributed by atoms with E-state index in [1.165, 1.54) is 0 Å². The van der Waals surface area contributed by atoms with Crippen molar-refractivity contribution in [3.63, 3.8) is 0 Å². The number of phenols is 1. The fourth-order valence-electron chi connectivity index (χ4n) is 3.51. The molecular formula is C20H21N5O2. The molecule has 1 saturated heterocycles. The Morgan fingerprint density at radius 3 is 2.78 bits per heavy atom. The number of phenolic OH excluding ortho intramolecular Hbond substituents is 1. The first-order valence-corrected chi connectivity index (χ1v) is 8.81. The van der Waals surface area contributed by atoms with E-state index < -0.39 is 0 Å². The summed E-state index contributed by atoms with van der Waals surface area (Å²) in [6.45, 7) is 8.96. The summed E-state index contributed by atoms with van der Waals surface area (Å²) in [7, 11) is 0. The molecule has 1 amide bonds. The third kappa shape index (κ3) is 3.12. The first-order chi connectivity index (χ1) is 12.9. The van der Waals surface area contributed by atoms with Crippen LogP contribution < -0.4 is 5.32 Å². The highest BCUT2D eigenvalue weighted by molar-refractivity contribution is 6.07. The Labute approximate surface area is 156 Å². The molecule has 27 heavy (non-hydrogen) atoms. The summed E-state index contributed by atoms with van der Waals surface area (Å²) >= 11 is 0. The minimum absolute atomic E-state index is 0.0681.